The lowest BCUT2D eigenvalue weighted by molar-refractivity contribution is -0.136. The first-order valence-electron chi connectivity index (χ1n) is 7.47. The Labute approximate surface area is 147 Å². The lowest BCUT2D eigenvalue weighted by atomic mass is 9.91. The van der Waals surface area contributed by atoms with E-state index in [1.165, 1.54) is 0 Å². The van der Waals surface area contributed by atoms with E-state index in [-0.39, 0.29) is 25.1 Å². The summed E-state index contributed by atoms with van der Waals surface area (Å²) in [5.74, 6) is 1.30. The van der Waals surface area contributed by atoms with Gasteiger partial charge in [-0.15, -0.1) is 12.4 Å². The molecule has 2 aromatic carbocycles. The predicted octanol–water partition coefficient (Wildman–Crippen LogP) is 2.67. The summed E-state index contributed by atoms with van der Waals surface area (Å²) >= 11 is 0. The second kappa shape index (κ2) is 7.11. The minimum Gasteiger partial charge on any atom is -0.454 e. The Morgan fingerprint density at radius 3 is 2.54 bits per heavy atom. The number of rotatable bonds is 4. The Kier molecular flexibility index (Phi) is 5.36. The maximum atomic E-state index is 12.7. The Balaban J connectivity index is 0.00000208. The van der Waals surface area contributed by atoms with Crippen LogP contribution in [0.5, 0.6) is 11.5 Å². The molecule has 1 atom stereocenters. The first-order valence-corrected chi connectivity index (χ1v) is 7.47. The molecule has 6 heteroatoms. The molecule has 0 aliphatic carbocycles. The number of amides is 1. The zero-order valence-electron chi connectivity index (χ0n) is 13.7. The maximum Gasteiger partial charge on any atom is 0.247 e. The minimum absolute atomic E-state index is 0. The van der Waals surface area contributed by atoms with E-state index in [4.69, 9.17) is 15.2 Å². The van der Waals surface area contributed by atoms with Crippen molar-refractivity contribution in [3.05, 3.63) is 59.7 Å². The van der Waals surface area contributed by atoms with E-state index in [2.05, 4.69) is 0 Å². The summed E-state index contributed by atoms with van der Waals surface area (Å²) < 4.78 is 10.7. The van der Waals surface area contributed by atoms with Crippen molar-refractivity contribution in [2.45, 2.75) is 19.0 Å². The van der Waals surface area contributed by atoms with Gasteiger partial charge in [-0.1, -0.05) is 36.4 Å². The van der Waals surface area contributed by atoms with Crippen LogP contribution in [0.15, 0.2) is 48.5 Å². The Hall–Kier alpha value is -2.24. The van der Waals surface area contributed by atoms with E-state index in [1.807, 2.05) is 48.5 Å². The molecule has 1 unspecified atom stereocenters. The first-order chi connectivity index (χ1) is 11.0. The van der Waals surface area contributed by atoms with E-state index in [9.17, 15) is 4.79 Å². The molecule has 5 nitrogen and oxygen atoms in total. The average molecular weight is 349 g/mol. The quantitative estimate of drug-likeness (QED) is 0.922. The van der Waals surface area contributed by atoms with Crippen LogP contribution in [-0.2, 0) is 16.9 Å². The number of carbonyl (C=O) groups is 1. The summed E-state index contributed by atoms with van der Waals surface area (Å²) in [4.78, 5) is 14.4. The Bertz CT molecular complexity index is 719. The molecule has 1 heterocycles. The number of fused-ring (bicyclic) bond motifs is 1. The summed E-state index contributed by atoms with van der Waals surface area (Å²) in [5, 5.41) is 0. The van der Waals surface area contributed by atoms with E-state index < -0.39 is 5.54 Å². The van der Waals surface area contributed by atoms with E-state index >= 15 is 0 Å². The predicted molar refractivity (Wildman–Crippen MR) is 94.3 cm³/mol. The fourth-order valence-corrected chi connectivity index (χ4v) is 2.69. The molecule has 1 aliphatic rings. The summed E-state index contributed by atoms with van der Waals surface area (Å²) in [6.07, 6.45) is 0. The van der Waals surface area contributed by atoms with Gasteiger partial charge in [-0.3, -0.25) is 4.79 Å². The molecule has 0 spiro atoms. The lowest BCUT2D eigenvalue weighted by Gasteiger charge is -2.29. The van der Waals surface area contributed by atoms with Crippen molar-refractivity contribution in [3.8, 4) is 11.5 Å². The smallest absolute Gasteiger partial charge is 0.247 e. The molecular weight excluding hydrogens is 328 g/mol. The maximum absolute atomic E-state index is 12.7. The molecule has 3 rings (SSSR count). The average Bonchev–Trinajstić information content (AvgIpc) is 3.02. The van der Waals surface area contributed by atoms with Crippen LogP contribution in [-0.4, -0.2) is 24.6 Å². The largest absolute Gasteiger partial charge is 0.454 e. The molecular formula is C18H21ClN2O3. The van der Waals surface area contributed by atoms with Gasteiger partial charge in [0.2, 0.25) is 12.7 Å². The van der Waals surface area contributed by atoms with Crippen molar-refractivity contribution < 1.29 is 14.3 Å². The van der Waals surface area contributed by atoms with Crippen LogP contribution in [0.25, 0.3) is 0 Å². The summed E-state index contributed by atoms with van der Waals surface area (Å²) in [6, 6.07) is 15.1. The van der Waals surface area contributed by atoms with Crippen molar-refractivity contribution in [2.24, 2.45) is 5.73 Å². The molecule has 0 bridgehead atoms. The zero-order chi connectivity index (χ0) is 16.4. The van der Waals surface area contributed by atoms with Gasteiger partial charge in [-0.25, -0.2) is 0 Å². The van der Waals surface area contributed by atoms with Gasteiger partial charge < -0.3 is 20.1 Å². The van der Waals surface area contributed by atoms with E-state index in [0.717, 1.165) is 16.9 Å². The molecule has 2 aromatic rings. The van der Waals surface area contributed by atoms with Crippen LogP contribution in [0.4, 0.5) is 0 Å². The number of hydrogen-bond donors (Lipinski definition) is 1. The van der Waals surface area contributed by atoms with Gasteiger partial charge >= 0.3 is 0 Å². The SMILES string of the molecule is CN(Cc1ccc2c(c1)OCO2)C(=O)C(C)(N)c1ccccc1.Cl. The van der Waals surface area contributed by atoms with Crippen LogP contribution < -0.4 is 15.2 Å². The number of hydrogen-bond acceptors (Lipinski definition) is 4. The second-order valence-corrected chi connectivity index (χ2v) is 5.92. The van der Waals surface area contributed by atoms with Crippen LogP contribution in [0, 0.1) is 0 Å². The van der Waals surface area contributed by atoms with Gasteiger partial charge in [-0.05, 0) is 30.2 Å². The van der Waals surface area contributed by atoms with E-state index in [0.29, 0.717) is 12.3 Å². The number of carbonyl (C=O) groups excluding carboxylic acids is 1. The summed E-state index contributed by atoms with van der Waals surface area (Å²) in [7, 11) is 1.75. The molecule has 0 saturated heterocycles. The molecule has 0 radical (unpaired) electrons. The second-order valence-electron chi connectivity index (χ2n) is 5.92. The monoisotopic (exact) mass is 348 g/mol. The first kappa shape index (κ1) is 18.1. The summed E-state index contributed by atoms with van der Waals surface area (Å²) in [6.45, 7) is 2.43. The third-order valence-corrected chi connectivity index (χ3v) is 4.02. The highest BCUT2D eigenvalue weighted by molar-refractivity contribution is 5.87. The summed E-state index contributed by atoms with van der Waals surface area (Å²) in [5.41, 5.74) is 6.99. The molecule has 0 saturated carbocycles. The number of nitrogens with two attached hydrogens (primary N) is 1. The topological polar surface area (TPSA) is 64.8 Å². The van der Waals surface area contributed by atoms with E-state index in [1.54, 1.807) is 18.9 Å². The van der Waals surface area contributed by atoms with Crippen molar-refractivity contribution in [1.29, 1.82) is 0 Å². The van der Waals surface area contributed by atoms with Gasteiger partial charge in [0.25, 0.3) is 0 Å². The highest BCUT2D eigenvalue weighted by Gasteiger charge is 2.33. The van der Waals surface area contributed by atoms with Crippen molar-refractivity contribution in [3.63, 3.8) is 0 Å². The van der Waals surface area contributed by atoms with Gasteiger partial charge in [-0.2, -0.15) is 0 Å². The third kappa shape index (κ3) is 3.47. The van der Waals surface area contributed by atoms with Crippen LogP contribution in [0.1, 0.15) is 18.1 Å². The van der Waals surface area contributed by atoms with Gasteiger partial charge in [0, 0.05) is 13.6 Å². The highest BCUT2D eigenvalue weighted by Crippen LogP contribution is 2.33. The van der Waals surface area contributed by atoms with Crippen molar-refractivity contribution in [2.75, 3.05) is 13.8 Å². The molecule has 0 fully saturated rings. The third-order valence-electron chi connectivity index (χ3n) is 4.02. The normalized spacial score (nSPS) is 14.5. The van der Waals surface area contributed by atoms with Crippen LogP contribution in [0.3, 0.4) is 0 Å². The molecule has 1 aliphatic heterocycles. The van der Waals surface area contributed by atoms with Gasteiger partial charge in [0.1, 0.15) is 5.54 Å². The molecule has 128 valence electrons. The molecule has 2 N–H and O–H groups in total. The van der Waals surface area contributed by atoms with Gasteiger partial charge in [0.05, 0.1) is 0 Å². The number of benzene rings is 2. The molecule has 1 amide bonds. The zero-order valence-corrected chi connectivity index (χ0v) is 14.5. The number of nitrogens with zero attached hydrogens (tertiary/aromatic N) is 1. The number of ether oxygens (including phenoxy) is 2. The number of likely N-dealkylation sites (N-methyl/N-ethyl adjacent to an activating group) is 1. The highest BCUT2D eigenvalue weighted by atomic mass is 35.5. The standard InChI is InChI=1S/C18H20N2O3.ClH/c1-18(19,14-6-4-3-5-7-14)17(21)20(2)11-13-8-9-15-16(10-13)23-12-22-15;/h3-10H,11-12,19H2,1-2H3;1H. The minimum atomic E-state index is -1.06. The van der Waals surface area contributed by atoms with Crippen LogP contribution >= 0.6 is 12.4 Å². The van der Waals surface area contributed by atoms with Crippen LogP contribution in [0.2, 0.25) is 0 Å². The van der Waals surface area contributed by atoms with Crippen molar-refractivity contribution >= 4 is 18.3 Å². The fourth-order valence-electron chi connectivity index (χ4n) is 2.69. The molecule has 24 heavy (non-hydrogen) atoms. The molecule has 0 aromatic heterocycles. The lowest BCUT2D eigenvalue weighted by Crippen LogP contribution is -2.49. The fraction of sp³-hybridized carbons (Fsp3) is 0.278. The Morgan fingerprint density at radius 1 is 1.17 bits per heavy atom. The van der Waals surface area contributed by atoms with Gasteiger partial charge in [0.15, 0.2) is 11.5 Å². The number of halogens is 1. The Morgan fingerprint density at radius 2 is 1.83 bits per heavy atom. The van der Waals surface area contributed by atoms with Crippen molar-refractivity contribution in [1.82, 2.24) is 4.90 Å².